The van der Waals surface area contributed by atoms with Gasteiger partial charge in [0, 0.05) is 5.69 Å². The Morgan fingerprint density at radius 1 is 1.46 bits per heavy atom. The lowest BCUT2D eigenvalue weighted by atomic mass is 10.2. The summed E-state index contributed by atoms with van der Waals surface area (Å²) in [6.45, 7) is -2.36. The van der Waals surface area contributed by atoms with Crippen LogP contribution in [0.25, 0.3) is 0 Å². The maximum atomic E-state index is 7.95. The highest BCUT2D eigenvalue weighted by Crippen LogP contribution is 2.06. The van der Waals surface area contributed by atoms with Crippen LogP contribution in [-0.2, 0) is 6.50 Å². The van der Waals surface area contributed by atoms with E-state index in [1.165, 1.54) is 0 Å². The predicted molar refractivity (Wildman–Crippen MR) is 50.0 cm³/mol. The maximum absolute atomic E-state index is 7.95. The average Bonchev–Trinajstić information content (AvgIpc) is 2.88. The van der Waals surface area contributed by atoms with Gasteiger partial charge >= 0.3 is 0 Å². The fourth-order valence-corrected chi connectivity index (χ4v) is 0.759. The minimum absolute atomic E-state index is 0.312. The molecule has 1 aromatic carbocycles. The van der Waals surface area contributed by atoms with Gasteiger partial charge in [-0.15, -0.1) is 0 Å². The molecule has 66 valence electrons. The SMILES string of the molecule is [2H]c1c([2H])c(C([2H])([2H])n2cncn2)c([2H])c([2H])c1N. The molecule has 0 radical (unpaired) electrons. The summed E-state index contributed by atoms with van der Waals surface area (Å²) in [6.07, 6.45) is 2.22. The third-order valence-corrected chi connectivity index (χ3v) is 1.29. The molecule has 2 aromatic rings. The van der Waals surface area contributed by atoms with Crippen molar-refractivity contribution < 1.29 is 8.22 Å². The maximum Gasteiger partial charge on any atom is 0.137 e. The second kappa shape index (κ2) is 3.26. The van der Waals surface area contributed by atoms with Gasteiger partial charge in [-0.05, 0) is 17.6 Å². The van der Waals surface area contributed by atoms with Crippen molar-refractivity contribution in [1.29, 1.82) is 0 Å². The van der Waals surface area contributed by atoms with Crippen LogP contribution < -0.4 is 5.73 Å². The molecule has 2 rings (SSSR count). The fourth-order valence-electron chi connectivity index (χ4n) is 0.759. The Balaban J connectivity index is 2.77. The number of benzene rings is 1. The highest BCUT2D eigenvalue weighted by Gasteiger charge is 1.94. The zero-order valence-electron chi connectivity index (χ0n) is 12.6. The molecule has 1 aromatic heterocycles. The summed E-state index contributed by atoms with van der Waals surface area (Å²) in [5.74, 6) is 0. The molecule has 0 spiro atoms. The van der Waals surface area contributed by atoms with Gasteiger partial charge in [-0.1, -0.05) is 12.1 Å². The van der Waals surface area contributed by atoms with Crippen LogP contribution >= 0.6 is 0 Å². The summed E-state index contributed by atoms with van der Waals surface area (Å²) in [5.41, 5.74) is 4.70. The van der Waals surface area contributed by atoms with E-state index in [-0.39, 0.29) is 5.69 Å². The zero-order valence-corrected chi connectivity index (χ0v) is 6.57. The van der Waals surface area contributed by atoms with Crippen LogP contribution in [0.3, 0.4) is 0 Å². The minimum atomic E-state index is -2.36. The first kappa shape index (κ1) is 3.49. The van der Waals surface area contributed by atoms with Crippen LogP contribution in [0.2, 0.25) is 0 Å². The van der Waals surface area contributed by atoms with Crippen molar-refractivity contribution in [3.8, 4) is 0 Å². The first-order chi connectivity index (χ1) is 8.78. The van der Waals surface area contributed by atoms with E-state index < -0.39 is 36.2 Å². The minimum Gasteiger partial charge on any atom is -0.399 e. The van der Waals surface area contributed by atoms with E-state index in [1.54, 1.807) is 0 Å². The largest absolute Gasteiger partial charge is 0.399 e. The Morgan fingerprint density at radius 3 is 2.85 bits per heavy atom. The number of rotatable bonds is 2. The van der Waals surface area contributed by atoms with Crippen LogP contribution in [0.1, 0.15) is 13.8 Å². The summed E-state index contributed by atoms with van der Waals surface area (Å²) in [5, 5.41) is 3.64. The topological polar surface area (TPSA) is 56.7 Å². The Kier molecular flexibility index (Phi) is 0.877. The van der Waals surface area contributed by atoms with E-state index in [0.29, 0.717) is 0 Å². The summed E-state index contributed by atoms with van der Waals surface area (Å²) in [4.78, 5) is 3.61. The molecule has 0 atom stereocenters. The van der Waals surface area contributed by atoms with Gasteiger partial charge in [-0.25, -0.2) is 9.67 Å². The van der Waals surface area contributed by atoms with Gasteiger partial charge in [0.2, 0.25) is 0 Å². The van der Waals surface area contributed by atoms with Crippen molar-refractivity contribution >= 4 is 5.69 Å². The Labute approximate surface area is 84.5 Å². The summed E-state index contributed by atoms with van der Waals surface area (Å²) < 4.78 is 47.4. The molecule has 0 saturated heterocycles. The zero-order chi connectivity index (χ0) is 14.4. The van der Waals surface area contributed by atoms with Gasteiger partial charge in [0.05, 0.1) is 14.7 Å². The van der Waals surface area contributed by atoms with E-state index in [4.69, 9.17) is 14.0 Å². The smallest absolute Gasteiger partial charge is 0.137 e. The van der Waals surface area contributed by atoms with Gasteiger partial charge < -0.3 is 5.73 Å². The normalized spacial score (nSPS) is 17.8. The van der Waals surface area contributed by atoms with Crippen LogP contribution in [0.5, 0.6) is 0 Å². The van der Waals surface area contributed by atoms with Crippen molar-refractivity contribution in [2.45, 2.75) is 6.50 Å². The molecule has 4 heteroatoms. The van der Waals surface area contributed by atoms with E-state index in [0.717, 1.165) is 17.3 Å². The molecule has 0 bridgehead atoms. The molecule has 1 heterocycles. The quantitative estimate of drug-likeness (QED) is 0.699. The molecular weight excluding hydrogens is 164 g/mol. The molecule has 0 amide bonds. The third kappa shape index (κ3) is 1.84. The van der Waals surface area contributed by atoms with Gasteiger partial charge in [0.25, 0.3) is 0 Å². The van der Waals surface area contributed by atoms with E-state index in [1.807, 2.05) is 0 Å². The molecule has 2 N–H and O–H groups in total. The van der Waals surface area contributed by atoms with Crippen molar-refractivity contribution in [3.05, 3.63) is 42.4 Å². The van der Waals surface area contributed by atoms with Crippen molar-refractivity contribution in [1.82, 2.24) is 14.8 Å². The number of nitrogens with zero attached hydrogens (tertiary/aromatic N) is 3. The molecule has 4 nitrogen and oxygen atoms in total. The van der Waals surface area contributed by atoms with Crippen LogP contribution in [-0.4, -0.2) is 14.8 Å². The van der Waals surface area contributed by atoms with Crippen molar-refractivity contribution in [3.63, 3.8) is 0 Å². The summed E-state index contributed by atoms with van der Waals surface area (Å²) in [6, 6.07) is -2.00. The Hall–Kier alpha value is -1.84. The van der Waals surface area contributed by atoms with Crippen molar-refractivity contribution in [2.24, 2.45) is 0 Å². The summed E-state index contributed by atoms with van der Waals surface area (Å²) in [7, 11) is 0. The molecule has 0 saturated carbocycles. The Bertz CT molecular complexity index is 595. The molecule has 0 aliphatic rings. The van der Waals surface area contributed by atoms with Crippen LogP contribution in [0, 0.1) is 0 Å². The number of anilines is 1. The molecular formula is C9H10N4. The molecule has 0 fully saturated rings. The Morgan fingerprint density at radius 2 is 2.23 bits per heavy atom. The lowest BCUT2D eigenvalue weighted by Crippen LogP contribution is -1.99. The van der Waals surface area contributed by atoms with Gasteiger partial charge in [-0.3, -0.25) is 0 Å². The monoisotopic (exact) mass is 180 g/mol. The predicted octanol–water partition coefficient (Wildman–Crippen LogP) is 0.909. The fraction of sp³-hybridized carbons (Fsp3) is 0.111. The highest BCUT2D eigenvalue weighted by molar-refractivity contribution is 5.39. The molecule has 0 aliphatic heterocycles. The third-order valence-electron chi connectivity index (χ3n) is 1.29. The second-order valence-corrected chi connectivity index (χ2v) is 2.24. The molecule has 0 aliphatic carbocycles. The van der Waals surface area contributed by atoms with E-state index >= 15 is 0 Å². The number of aromatic nitrogens is 3. The van der Waals surface area contributed by atoms with Crippen LogP contribution in [0.15, 0.2) is 36.8 Å². The van der Waals surface area contributed by atoms with Gasteiger partial charge in [0.1, 0.15) is 12.7 Å². The molecule has 13 heavy (non-hydrogen) atoms. The average molecular weight is 180 g/mol. The number of nitrogens with two attached hydrogens (primary N) is 1. The van der Waals surface area contributed by atoms with Crippen molar-refractivity contribution in [2.75, 3.05) is 5.73 Å². The van der Waals surface area contributed by atoms with Crippen LogP contribution in [0.4, 0.5) is 5.69 Å². The standard InChI is InChI=1S/C9H10N4/c10-9-3-1-8(2-4-9)5-13-7-11-6-12-13/h1-4,6-7H,5,10H2/i1D,2D,3D,4D,5D2. The highest BCUT2D eigenvalue weighted by atomic mass is 15.3. The lowest BCUT2D eigenvalue weighted by molar-refractivity contribution is 0.685. The number of nitrogen functional groups attached to an aromatic ring is 1. The first-order valence-electron chi connectivity index (χ1n) is 6.50. The first-order valence-corrected chi connectivity index (χ1v) is 3.50. The number of hydrogen-bond acceptors (Lipinski definition) is 3. The summed E-state index contributed by atoms with van der Waals surface area (Å²) >= 11 is 0. The van der Waals surface area contributed by atoms with Gasteiger partial charge in [-0.2, -0.15) is 5.10 Å². The second-order valence-electron chi connectivity index (χ2n) is 2.24. The van der Waals surface area contributed by atoms with E-state index in [2.05, 4.69) is 10.1 Å². The number of hydrogen-bond donors (Lipinski definition) is 1. The molecule has 0 unspecified atom stereocenters. The lowest BCUT2D eigenvalue weighted by Gasteiger charge is -2.00. The van der Waals surface area contributed by atoms with E-state index in [9.17, 15) is 0 Å². The van der Waals surface area contributed by atoms with Gasteiger partial charge in [0.15, 0.2) is 0 Å².